The molecule has 0 aromatic carbocycles. The highest BCUT2D eigenvalue weighted by Gasteiger charge is 2.07. The molecule has 0 fully saturated rings. The standard InChI is InChI=1S/C9H14N4O/c1-3-7-8(10)6(5-11-4-2)9(14)13-12-7/h5H,3-4H2,1-2H3,(H3,10,13,14). The lowest BCUT2D eigenvalue weighted by Crippen LogP contribution is -2.19. The molecule has 0 aliphatic carbocycles. The Labute approximate surface area is 82.1 Å². The van der Waals surface area contributed by atoms with Crippen molar-refractivity contribution >= 4 is 11.9 Å². The molecule has 0 atom stereocenters. The van der Waals surface area contributed by atoms with Crippen LogP contribution < -0.4 is 11.3 Å². The molecular weight excluding hydrogens is 180 g/mol. The van der Waals surface area contributed by atoms with Gasteiger partial charge in [-0.05, 0) is 13.3 Å². The van der Waals surface area contributed by atoms with Crippen LogP contribution in [0, 0.1) is 0 Å². The quantitative estimate of drug-likeness (QED) is 0.681. The summed E-state index contributed by atoms with van der Waals surface area (Å²) in [6.07, 6.45) is 2.19. The van der Waals surface area contributed by atoms with Crippen molar-refractivity contribution in [2.24, 2.45) is 4.99 Å². The van der Waals surface area contributed by atoms with Gasteiger partial charge in [0, 0.05) is 12.8 Å². The molecule has 1 aromatic heterocycles. The smallest absolute Gasteiger partial charge is 0.275 e. The number of anilines is 1. The SMILES string of the molecule is CCN=Cc1c(N)c(CC)n[nH]c1=O. The van der Waals surface area contributed by atoms with Crippen molar-refractivity contribution < 1.29 is 0 Å². The van der Waals surface area contributed by atoms with Crippen molar-refractivity contribution in [1.82, 2.24) is 10.2 Å². The Morgan fingerprint density at radius 1 is 1.57 bits per heavy atom. The number of aliphatic imine (C=N–C) groups is 1. The summed E-state index contributed by atoms with van der Waals surface area (Å²) in [5.74, 6) is 0. The van der Waals surface area contributed by atoms with E-state index in [9.17, 15) is 4.79 Å². The van der Waals surface area contributed by atoms with Crippen LogP contribution in [0.3, 0.4) is 0 Å². The van der Waals surface area contributed by atoms with Crippen molar-refractivity contribution in [1.29, 1.82) is 0 Å². The second kappa shape index (κ2) is 4.55. The van der Waals surface area contributed by atoms with Crippen LogP contribution >= 0.6 is 0 Å². The van der Waals surface area contributed by atoms with Gasteiger partial charge in [-0.15, -0.1) is 0 Å². The third-order valence-electron chi connectivity index (χ3n) is 1.88. The monoisotopic (exact) mass is 194 g/mol. The average Bonchev–Trinajstić information content (AvgIpc) is 2.18. The molecule has 0 aliphatic heterocycles. The summed E-state index contributed by atoms with van der Waals surface area (Å²) in [6, 6.07) is 0. The molecule has 0 unspecified atom stereocenters. The number of nitrogens with two attached hydrogens (primary N) is 1. The lowest BCUT2D eigenvalue weighted by Gasteiger charge is -2.02. The third kappa shape index (κ3) is 1.99. The molecule has 0 saturated heterocycles. The molecule has 0 aliphatic rings. The van der Waals surface area contributed by atoms with Crippen molar-refractivity contribution in [3.05, 3.63) is 21.6 Å². The molecule has 14 heavy (non-hydrogen) atoms. The highest BCUT2D eigenvalue weighted by atomic mass is 16.1. The number of aromatic nitrogens is 2. The molecule has 0 bridgehead atoms. The van der Waals surface area contributed by atoms with E-state index in [0.29, 0.717) is 29.9 Å². The summed E-state index contributed by atoms with van der Waals surface area (Å²) < 4.78 is 0. The van der Waals surface area contributed by atoms with Crippen LogP contribution in [0.2, 0.25) is 0 Å². The first-order valence-electron chi connectivity index (χ1n) is 4.57. The van der Waals surface area contributed by atoms with E-state index in [1.807, 2.05) is 13.8 Å². The van der Waals surface area contributed by atoms with Crippen LogP contribution in [0.25, 0.3) is 0 Å². The Kier molecular flexibility index (Phi) is 3.39. The van der Waals surface area contributed by atoms with Gasteiger partial charge >= 0.3 is 0 Å². The molecule has 3 N–H and O–H groups in total. The summed E-state index contributed by atoms with van der Waals surface area (Å²) >= 11 is 0. The van der Waals surface area contributed by atoms with Crippen molar-refractivity contribution in [2.75, 3.05) is 12.3 Å². The van der Waals surface area contributed by atoms with Crippen LogP contribution in [0.1, 0.15) is 25.1 Å². The topological polar surface area (TPSA) is 84.1 Å². The zero-order valence-corrected chi connectivity index (χ0v) is 8.37. The first-order valence-corrected chi connectivity index (χ1v) is 4.57. The van der Waals surface area contributed by atoms with Gasteiger partial charge < -0.3 is 5.73 Å². The maximum Gasteiger partial charge on any atom is 0.275 e. The number of nitrogens with zero attached hydrogens (tertiary/aromatic N) is 2. The Bertz CT molecular complexity index is 394. The van der Waals surface area contributed by atoms with Gasteiger partial charge in [-0.2, -0.15) is 5.10 Å². The molecule has 0 saturated carbocycles. The zero-order chi connectivity index (χ0) is 10.6. The summed E-state index contributed by atoms with van der Waals surface area (Å²) in [5.41, 5.74) is 6.99. The lowest BCUT2D eigenvalue weighted by atomic mass is 10.2. The lowest BCUT2D eigenvalue weighted by molar-refractivity contribution is 0.898. The summed E-state index contributed by atoms with van der Waals surface area (Å²) in [5, 5.41) is 6.23. The summed E-state index contributed by atoms with van der Waals surface area (Å²) in [4.78, 5) is 15.3. The average molecular weight is 194 g/mol. The fourth-order valence-electron chi connectivity index (χ4n) is 1.10. The number of aromatic amines is 1. The van der Waals surface area contributed by atoms with E-state index >= 15 is 0 Å². The maximum absolute atomic E-state index is 11.3. The minimum Gasteiger partial charge on any atom is -0.397 e. The summed E-state index contributed by atoms with van der Waals surface area (Å²) in [7, 11) is 0. The number of nitrogen functional groups attached to an aromatic ring is 1. The van der Waals surface area contributed by atoms with Crippen molar-refractivity contribution in [3.63, 3.8) is 0 Å². The van der Waals surface area contributed by atoms with Crippen molar-refractivity contribution in [2.45, 2.75) is 20.3 Å². The molecule has 1 heterocycles. The molecule has 76 valence electrons. The first kappa shape index (κ1) is 10.4. The van der Waals surface area contributed by atoms with Gasteiger partial charge in [0.1, 0.15) is 0 Å². The number of hydrogen-bond acceptors (Lipinski definition) is 4. The Morgan fingerprint density at radius 2 is 2.29 bits per heavy atom. The minimum atomic E-state index is -0.295. The van der Waals surface area contributed by atoms with Crippen LogP contribution in [0.15, 0.2) is 9.79 Å². The Hall–Kier alpha value is -1.65. The van der Waals surface area contributed by atoms with Crippen LogP contribution in [0.5, 0.6) is 0 Å². The van der Waals surface area contributed by atoms with Crippen molar-refractivity contribution in [3.8, 4) is 0 Å². The maximum atomic E-state index is 11.3. The van der Waals surface area contributed by atoms with Gasteiger partial charge in [0.25, 0.3) is 5.56 Å². The van der Waals surface area contributed by atoms with E-state index < -0.39 is 0 Å². The third-order valence-corrected chi connectivity index (χ3v) is 1.88. The highest BCUT2D eigenvalue weighted by Crippen LogP contribution is 2.08. The number of hydrogen-bond donors (Lipinski definition) is 2. The van der Waals surface area contributed by atoms with Crippen LogP contribution in [-0.4, -0.2) is 23.0 Å². The number of nitrogens with one attached hydrogen (secondary N) is 1. The molecule has 5 heteroatoms. The first-order chi connectivity index (χ1) is 6.70. The molecular formula is C9H14N4O. The second-order valence-corrected chi connectivity index (χ2v) is 2.81. The van der Waals surface area contributed by atoms with E-state index in [2.05, 4.69) is 15.2 Å². The van der Waals surface area contributed by atoms with Gasteiger partial charge in [-0.25, -0.2) is 5.10 Å². The molecule has 1 aromatic rings. The largest absolute Gasteiger partial charge is 0.397 e. The highest BCUT2D eigenvalue weighted by molar-refractivity contribution is 5.86. The Morgan fingerprint density at radius 3 is 2.86 bits per heavy atom. The molecule has 5 nitrogen and oxygen atoms in total. The normalized spacial score (nSPS) is 11.0. The minimum absolute atomic E-state index is 0.295. The summed E-state index contributed by atoms with van der Waals surface area (Å²) in [6.45, 7) is 4.45. The molecule has 1 rings (SSSR count). The number of H-pyrrole nitrogens is 1. The van der Waals surface area contributed by atoms with Gasteiger partial charge in [0.2, 0.25) is 0 Å². The van der Waals surface area contributed by atoms with E-state index in [1.54, 1.807) is 0 Å². The predicted molar refractivity (Wildman–Crippen MR) is 56.8 cm³/mol. The van der Waals surface area contributed by atoms with E-state index in [-0.39, 0.29) is 5.56 Å². The second-order valence-electron chi connectivity index (χ2n) is 2.81. The van der Waals surface area contributed by atoms with E-state index in [4.69, 9.17) is 5.73 Å². The molecule has 0 radical (unpaired) electrons. The van der Waals surface area contributed by atoms with E-state index in [0.717, 1.165) is 0 Å². The predicted octanol–water partition coefficient (Wildman–Crippen LogP) is 0.353. The zero-order valence-electron chi connectivity index (χ0n) is 8.37. The molecule has 0 amide bonds. The van der Waals surface area contributed by atoms with Gasteiger partial charge in [0.05, 0.1) is 16.9 Å². The number of aryl methyl sites for hydroxylation is 1. The van der Waals surface area contributed by atoms with Gasteiger partial charge in [0.15, 0.2) is 0 Å². The van der Waals surface area contributed by atoms with Crippen LogP contribution in [-0.2, 0) is 6.42 Å². The van der Waals surface area contributed by atoms with E-state index in [1.165, 1.54) is 6.21 Å². The Balaban J connectivity index is 3.25. The van der Waals surface area contributed by atoms with Crippen LogP contribution in [0.4, 0.5) is 5.69 Å². The number of rotatable bonds is 3. The fraction of sp³-hybridized carbons (Fsp3) is 0.444. The van der Waals surface area contributed by atoms with Gasteiger partial charge in [-0.1, -0.05) is 6.92 Å². The molecule has 0 spiro atoms. The van der Waals surface area contributed by atoms with Gasteiger partial charge in [-0.3, -0.25) is 9.79 Å². The fourth-order valence-corrected chi connectivity index (χ4v) is 1.10.